The molecule has 4 nitrogen and oxygen atoms in total. The van der Waals surface area contributed by atoms with Crippen LogP contribution < -0.4 is 0 Å². The number of nitrogens with zero attached hydrogens (tertiary/aromatic N) is 3. The molecule has 1 heterocycles. The number of aryl methyl sites for hydroxylation is 2. The first kappa shape index (κ1) is 13.7. The zero-order valence-corrected chi connectivity index (χ0v) is 11.6. The van der Waals surface area contributed by atoms with Crippen LogP contribution in [0.15, 0.2) is 30.3 Å². The van der Waals surface area contributed by atoms with Crippen LogP contribution in [0, 0.1) is 5.92 Å². The third-order valence-corrected chi connectivity index (χ3v) is 3.07. The Morgan fingerprint density at radius 1 is 1.05 bits per heavy atom. The van der Waals surface area contributed by atoms with Crippen LogP contribution in [0.4, 0.5) is 0 Å². The normalized spacial score (nSPS) is 11.2. The molecule has 102 valence electrons. The average molecular weight is 259 g/mol. The maximum atomic E-state index is 9.31. The van der Waals surface area contributed by atoms with E-state index in [1.165, 1.54) is 5.56 Å². The van der Waals surface area contributed by atoms with E-state index in [-0.39, 0.29) is 6.61 Å². The summed E-state index contributed by atoms with van der Waals surface area (Å²) in [5.74, 6) is 2.13. The van der Waals surface area contributed by atoms with Crippen molar-refractivity contribution < 1.29 is 5.11 Å². The highest BCUT2D eigenvalue weighted by Crippen LogP contribution is 2.10. The highest BCUT2D eigenvalue weighted by molar-refractivity contribution is 5.15. The van der Waals surface area contributed by atoms with Gasteiger partial charge in [0.25, 0.3) is 0 Å². The standard InChI is InChI=1S/C15H21N3O/c1-12(2)10-18-14(16-17-15(18)11-19)9-8-13-6-4-3-5-7-13/h3-7,12,19H,8-11H2,1-2H3. The molecule has 0 aliphatic carbocycles. The highest BCUT2D eigenvalue weighted by atomic mass is 16.3. The van der Waals surface area contributed by atoms with Crippen molar-refractivity contribution in [3.8, 4) is 0 Å². The smallest absolute Gasteiger partial charge is 0.158 e. The molecule has 0 bridgehead atoms. The summed E-state index contributed by atoms with van der Waals surface area (Å²) in [6, 6.07) is 10.4. The number of aliphatic hydroxyl groups is 1. The Bertz CT molecular complexity index is 505. The summed E-state index contributed by atoms with van der Waals surface area (Å²) in [5.41, 5.74) is 1.30. The lowest BCUT2D eigenvalue weighted by molar-refractivity contribution is 0.261. The van der Waals surface area contributed by atoms with Crippen LogP contribution in [-0.2, 0) is 26.0 Å². The van der Waals surface area contributed by atoms with Crippen LogP contribution in [0.3, 0.4) is 0 Å². The second kappa shape index (κ2) is 6.48. The number of rotatable bonds is 6. The molecule has 0 unspecified atom stereocenters. The number of aromatic nitrogens is 3. The quantitative estimate of drug-likeness (QED) is 0.865. The SMILES string of the molecule is CC(C)Cn1c(CO)nnc1CCc1ccccc1. The Kier molecular flexibility index (Phi) is 4.68. The monoisotopic (exact) mass is 259 g/mol. The van der Waals surface area contributed by atoms with Gasteiger partial charge in [-0.15, -0.1) is 10.2 Å². The Hall–Kier alpha value is -1.68. The van der Waals surface area contributed by atoms with Crippen molar-refractivity contribution in [3.05, 3.63) is 47.5 Å². The molecule has 4 heteroatoms. The van der Waals surface area contributed by atoms with Crippen LogP contribution >= 0.6 is 0 Å². The lowest BCUT2D eigenvalue weighted by atomic mass is 10.1. The van der Waals surface area contributed by atoms with Gasteiger partial charge < -0.3 is 9.67 Å². The van der Waals surface area contributed by atoms with E-state index in [1.54, 1.807) is 0 Å². The molecular weight excluding hydrogens is 238 g/mol. The van der Waals surface area contributed by atoms with Crippen molar-refractivity contribution >= 4 is 0 Å². The predicted molar refractivity (Wildman–Crippen MR) is 74.6 cm³/mol. The Morgan fingerprint density at radius 2 is 1.74 bits per heavy atom. The maximum absolute atomic E-state index is 9.31. The fraction of sp³-hybridized carbons (Fsp3) is 0.467. The van der Waals surface area contributed by atoms with Gasteiger partial charge in [-0.2, -0.15) is 0 Å². The first-order valence-corrected chi connectivity index (χ1v) is 6.76. The molecule has 0 atom stereocenters. The van der Waals surface area contributed by atoms with E-state index in [1.807, 2.05) is 22.8 Å². The summed E-state index contributed by atoms with van der Waals surface area (Å²) in [5, 5.41) is 17.6. The lowest BCUT2D eigenvalue weighted by Gasteiger charge is -2.11. The van der Waals surface area contributed by atoms with Crippen LogP contribution in [0.25, 0.3) is 0 Å². The van der Waals surface area contributed by atoms with Crippen LogP contribution in [0.5, 0.6) is 0 Å². The van der Waals surface area contributed by atoms with E-state index in [2.05, 4.69) is 36.2 Å². The van der Waals surface area contributed by atoms with Crippen molar-refractivity contribution in [2.24, 2.45) is 5.92 Å². The van der Waals surface area contributed by atoms with Gasteiger partial charge in [0.1, 0.15) is 12.4 Å². The minimum absolute atomic E-state index is 0.0505. The number of aliphatic hydroxyl groups excluding tert-OH is 1. The zero-order chi connectivity index (χ0) is 13.7. The Balaban J connectivity index is 2.09. The van der Waals surface area contributed by atoms with E-state index in [0.717, 1.165) is 25.2 Å². The summed E-state index contributed by atoms with van der Waals surface area (Å²) < 4.78 is 2.05. The Labute approximate surface area is 114 Å². The zero-order valence-electron chi connectivity index (χ0n) is 11.6. The molecule has 0 aliphatic heterocycles. The van der Waals surface area contributed by atoms with E-state index >= 15 is 0 Å². The molecule has 2 aromatic rings. The molecule has 0 saturated carbocycles. The molecule has 0 saturated heterocycles. The number of hydrogen-bond donors (Lipinski definition) is 1. The third kappa shape index (κ3) is 3.64. The molecule has 1 N–H and O–H groups in total. The van der Waals surface area contributed by atoms with Gasteiger partial charge >= 0.3 is 0 Å². The van der Waals surface area contributed by atoms with E-state index in [0.29, 0.717) is 11.7 Å². The molecule has 2 rings (SSSR count). The number of hydrogen-bond acceptors (Lipinski definition) is 3. The van der Waals surface area contributed by atoms with Gasteiger partial charge in [0.15, 0.2) is 5.82 Å². The van der Waals surface area contributed by atoms with Gasteiger partial charge in [0.05, 0.1) is 0 Å². The molecule has 0 fully saturated rings. The van der Waals surface area contributed by atoms with Gasteiger partial charge in [0, 0.05) is 13.0 Å². The van der Waals surface area contributed by atoms with Gasteiger partial charge in [0.2, 0.25) is 0 Å². The molecule has 0 spiro atoms. The van der Waals surface area contributed by atoms with E-state index in [9.17, 15) is 5.11 Å². The Morgan fingerprint density at radius 3 is 2.37 bits per heavy atom. The lowest BCUT2D eigenvalue weighted by Crippen LogP contribution is -2.12. The van der Waals surface area contributed by atoms with Gasteiger partial charge in [-0.1, -0.05) is 44.2 Å². The first-order chi connectivity index (χ1) is 9.20. The summed E-state index contributed by atoms with van der Waals surface area (Å²) in [4.78, 5) is 0. The van der Waals surface area contributed by atoms with E-state index < -0.39 is 0 Å². The van der Waals surface area contributed by atoms with Crippen LogP contribution in [0.2, 0.25) is 0 Å². The van der Waals surface area contributed by atoms with Gasteiger partial charge in [-0.25, -0.2) is 0 Å². The minimum Gasteiger partial charge on any atom is -0.388 e. The van der Waals surface area contributed by atoms with Gasteiger partial charge in [-0.3, -0.25) is 0 Å². The van der Waals surface area contributed by atoms with E-state index in [4.69, 9.17) is 0 Å². The molecule has 0 aliphatic rings. The van der Waals surface area contributed by atoms with Crippen molar-refractivity contribution in [2.75, 3.05) is 0 Å². The minimum atomic E-state index is -0.0505. The van der Waals surface area contributed by atoms with Crippen LogP contribution in [-0.4, -0.2) is 19.9 Å². The summed E-state index contributed by atoms with van der Waals surface area (Å²) >= 11 is 0. The van der Waals surface area contributed by atoms with Crippen LogP contribution in [0.1, 0.15) is 31.1 Å². The molecule has 19 heavy (non-hydrogen) atoms. The second-order valence-corrected chi connectivity index (χ2v) is 5.18. The average Bonchev–Trinajstić information content (AvgIpc) is 2.79. The van der Waals surface area contributed by atoms with Crippen molar-refractivity contribution in [1.82, 2.24) is 14.8 Å². The largest absolute Gasteiger partial charge is 0.388 e. The summed E-state index contributed by atoms with van der Waals surface area (Å²) in [7, 11) is 0. The van der Waals surface area contributed by atoms with Gasteiger partial charge in [-0.05, 0) is 17.9 Å². The fourth-order valence-electron chi connectivity index (χ4n) is 2.15. The second-order valence-electron chi connectivity index (χ2n) is 5.18. The predicted octanol–water partition coefficient (Wildman–Crippen LogP) is 2.21. The first-order valence-electron chi connectivity index (χ1n) is 6.76. The fourth-order valence-corrected chi connectivity index (χ4v) is 2.15. The summed E-state index contributed by atoms with van der Waals surface area (Å²) in [6.07, 6.45) is 1.80. The number of benzene rings is 1. The van der Waals surface area contributed by atoms with Crippen molar-refractivity contribution in [2.45, 2.75) is 39.8 Å². The molecule has 0 amide bonds. The molecule has 0 radical (unpaired) electrons. The topological polar surface area (TPSA) is 50.9 Å². The van der Waals surface area contributed by atoms with Crippen molar-refractivity contribution in [1.29, 1.82) is 0 Å². The molecule has 1 aromatic carbocycles. The molecule has 1 aromatic heterocycles. The van der Waals surface area contributed by atoms with Crippen molar-refractivity contribution in [3.63, 3.8) is 0 Å². The summed E-state index contributed by atoms with van der Waals surface area (Å²) in [6.45, 7) is 5.11. The maximum Gasteiger partial charge on any atom is 0.158 e. The third-order valence-electron chi connectivity index (χ3n) is 3.07. The molecular formula is C15H21N3O. The highest BCUT2D eigenvalue weighted by Gasteiger charge is 2.12.